The Morgan fingerprint density at radius 1 is 1.32 bits per heavy atom. The Morgan fingerprint density at radius 2 is 2.11 bits per heavy atom. The van der Waals surface area contributed by atoms with E-state index < -0.39 is 0 Å². The molecule has 0 N–H and O–H groups in total. The number of rotatable bonds is 3. The van der Waals surface area contributed by atoms with Gasteiger partial charge in [-0.05, 0) is 43.2 Å². The number of hydrogen-bond donors (Lipinski definition) is 0. The fourth-order valence-electron chi connectivity index (χ4n) is 1.82. The molecule has 19 heavy (non-hydrogen) atoms. The van der Waals surface area contributed by atoms with Crippen molar-refractivity contribution in [3.8, 4) is 6.07 Å². The summed E-state index contributed by atoms with van der Waals surface area (Å²) >= 11 is 7.53. The Balaban J connectivity index is 2.22. The van der Waals surface area contributed by atoms with E-state index in [1.165, 1.54) is 0 Å². The van der Waals surface area contributed by atoms with Gasteiger partial charge < -0.3 is 0 Å². The maximum Gasteiger partial charge on any atom is 0.115 e. The van der Waals surface area contributed by atoms with Crippen molar-refractivity contribution in [2.75, 3.05) is 0 Å². The maximum atomic E-state index is 9.21. The zero-order chi connectivity index (χ0) is 13.8. The highest BCUT2D eigenvalue weighted by atomic mass is 35.5. The summed E-state index contributed by atoms with van der Waals surface area (Å²) in [5.74, 6) is 0.755. The quantitative estimate of drug-likeness (QED) is 0.779. The number of pyridine rings is 1. The van der Waals surface area contributed by atoms with Crippen molar-refractivity contribution in [3.05, 3.63) is 57.7 Å². The Kier molecular flexibility index (Phi) is 4.47. The van der Waals surface area contributed by atoms with Gasteiger partial charge in [-0.25, -0.2) is 4.98 Å². The van der Waals surface area contributed by atoms with Gasteiger partial charge in [-0.2, -0.15) is 5.26 Å². The highest BCUT2D eigenvalue weighted by Crippen LogP contribution is 2.27. The highest BCUT2D eigenvalue weighted by molar-refractivity contribution is 7.98. The number of benzene rings is 1. The first kappa shape index (κ1) is 13.9. The van der Waals surface area contributed by atoms with Gasteiger partial charge in [-0.15, -0.1) is 11.8 Å². The van der Waals surface area contributed by atoms with Crippen LogP contribution in [0.3, 0.4) is 0 Å². The fraction of sp³-hybridized carbons (Fsp3) is 0.200. The van der Waals surface area contributed by atoms with Gasteiger partial charge in [0.25, 0.3) is 0 Å². The van der Waals surface area contributed by atoms with Gasteiger partial charge in [0, 0.05) is 16.5 Å². The minimum absolute atomic E-state index is 0.664. The third-order valence-electron chi connectivity index (χ3n) is 2.69. The molecule has 0 saturated heterocycles. The van der Waals surface area contributed by atoms with Crippen LogP contribution < -0.4 is 0 Å². The Hall–Kier alpha value is -1.50. The second-order valence-corrected chi connectivity index (χ2v) is 5.69. The van der Waals surface area contributed by atoms with Crippen molar-refractivity contribution < 1.29 is 0 Å². The van der Waals surface area contributed by atoms with E-state index in [1.807, 2.05) is 44.2 Å². The van der Waals surface area contributed by atoms with Crippen LogP contribution in [0.15, 0.2) is 35.4 Å². The van der Waals surface area contributed by atoms with Crippen LogP contribution in [0.1, 0.15) is 22.4 Å². The van der Waals surface area contributed by atoms with Crippen LogP contribution in [0.25, 0.3) is 0 Å². The molecule has 0 amide bonds. The van der Waals surface area contributed by atoms with Crippen LogP contribution in [-0.2, 0) is 5.75 Å². The van der Waals surface area contributed by atoms with E-state index in [0.29, 0.717) is 5.56 Å². The molecule has 2 nitrogen and oxygen atoms in total. The monoisotopic (exact) mass is 288 g/mol. The number of aromatic nitrogens is 1. The molecule has 2 aromatic rings. The van der Waals surface area contributed by atoms with E-state index in [4.69, 9.17) is 11.6 Å². The lowest BCUT2D eigenvalue weighted by molar-refractivity contribution is 1.03. The normalized spacial score (nSPS) is 10.2. The van der Waals surface area contributed by atoms with Gasteiger partial charge in [-0.1, -0.05) is 23.7 Å². The summed E-state index contributed by atoms with van der Waals surface area (Å²) in [6.45, 7) is 3.88. The number of thioether (sulfide) groups is 1. The molecule has 0 unspecified atom stereocenters. The molecular formula is C15H13ClN2S. The first-order valence-corrected chi connectivity index (χ1v) is 7.22. The summed E-state index contributed by atoms with van der Waals surface area (Å²) in [4.78, 5) is 4.45. The van der Waals surface area contributed by atoms with Crippen molar-refractivity contribution in [2.24, 2.45) is 0 Å². The summed E-state index contributed by atoms with van der Waals surface area (Å²) in [7, 11) is 0. The van der Waals surface area contributed by atoms with Crippen LogP contribution >= 0.6 is 23.4 Å². The van der Waals surface area contributed by atoms with Gasteiger partial charge in [0.05, 0.1) is 5.56 Å². The molecule has 0 bridgehead atoms. The topological polar surface area (TPSA) is 36.7 Å². The van der Waals surface area contributed by atoms with E-state index in [1.54, 1.807) is 11.8 Å². The van der Waals surface area contributed by atoms with E-state index in [2.05, 4.69) is 11.1 Å². The molecule has 0 aliphatic carbocycles. The predicted octanol–water partition coefficient (Wildman–Crippen LogP) is 4.52. The summed E-state index contributed by atoms with van der Waals surface area (Å²) in [5, 5.41) is 10.7. The van der Waals surface area contributed by atoms with Gasteiger partial charge in [-0.3, -0.25) is 0 Å². The number of hydrogen-bond acceptors (Lipinski definition) is 3. The minimum atomic E-state index is 0.664. The zero-order valence-corrected chi connectivity index (χ0v) is 12.3. The molecule has 0 fully saturated rings. The molecule has 0 aliphatic rings. The molecule has 0 saturated carbocycles. The molecule has 1 aromatic carbocycles. The van der Waals surface area contributed by atoms with Gasteiger partial charge in [0.2, 0.25) is 0 Å². The van der Waals surface area contributed by atoms with Gasteiger partial charge in [0.1, 0.15) is 11.1 Å². The lowest BCUT2D eigenvalue weighted by Crippen LogP contribution is -1.94. The van der Waals surface area contributed by atoms with E-state index in [-0.39, 0.29) is 0 Å². The van der Waals surface area contributed by atoms with Crippen LogP contribution in [-0.4, -0.2) is 4.98 Å². The molecule has 0 atom stereocenters. The smallest absolute Gasteiger partial charge is 0.115 e. The van der Waals surface area contributed by atoms with E-state index in [0.717, 1.165) is 32.6 Å². The van der Waals surface area contributed by atoms with E-state index in [9.17, 15) is 5.26 Å². The molecule has 0 aliphatic heterocycles. The lowest BCUT2D eigenvalue weighted by Gasteiger charge is -2.07. The lowest BCUT2D eigenvalue weighted by atomic mass is 10.1. The number of nitrogens with zero attached hydrogens (tertiary/aromatic N) is 2. The second-order valence-electron chi connectivity index (χ2n) is 4.29. The summed E-state index contributed by atoms with van der Waals surface area (Å²) < 4.78 is 0. The molecule has 1 aromatic heterocycles. The first-order chi connectivity index (χ1) is 9.10. The second kappa shape index (κ2) is 6.10. The average Bonchev–Trinajstić information content (AvgIpc) is 2.36. The number of aryl methyl sites for hydroxylation is 2. The molecule has 0 spiro atoms. The van der Waals surface area contributed by atoms with Crippen LogP contribution in [0.2, 0.25) is 5.02 Å². The van der Waals surface area contributed by atoms with Crippen molar-refractivity contribution in [2.45, 2.75) is 24.6 Å². The van der Waals surface area contributed by atoms with Gasteiger partial charge in [0.15, 0.2) is 0 Å². The largest absolute Gasteiger partial charge is 0.245 e. The molecule has 1 heterocycles. The molecule has 0 radical (unpaired) electrons. The van der Waals surface area contributed by atoms with Crippen LogP contribution in [0.5, 0.6) is 0 Å². The average molecular weight is 289 g/mol. The van der Waals surface area contributed by atoms with Gasteiger partial charge >= 0.3 is 0 Å². The minimum Gasteiger partial charge on any atom is -0.245 e. The Morgan fingerprint density at radius 3 is 2.79 bits per heavy atom. The van der Waals surface area contributed by atoms with Crippen molar-refractivity contribution in [1.29, 1.82) is 5.26 Å². The first-order valence-electron chi connectivity index (χ1n) is 5.85. The van der Waals surface area contributed by atoms with Crippen molar-refractivity contribution in [1.82, 2.24) is 4.98 Å². The predicted molar refractivity (Wildman–Crippen MR) is 79.4 cm³/mol. The third kappa shape index (κ3) is 3.50. The van der Waals surface area contributed by atoms with E-state index >= 15 is 0 Å². The number of halogens is 1. The Bertz CT molecular complexity index is 647. The Labute approximate surface area is 122 Å². The molecule has 96 valence electrons. The summed E-state index contributed by atoms with van der Waals surface area (Å²) in [6.07, 6.45) is 0. The van der Waals surface area contributed by atoms with Crippen molar-refractivity contribution >= 4 is 23.4 Å². The highest BCUT2D eigenvalue weighted by Gasteiger charge is 2.09. The standard InChI is InChI=1S/C15H13ClN2S/c1-10-6-11(2)18-15(14(10)8-17)19-9-12-4-3-5-13(16)7-12/h3-7H,9H2,1-2H3. The maximum absolute atomic E-state index is 9.21. The molecular weight excluding hydrogens is 276 g/mol. The van der Waals surface area contributed by atoms with Crippen LogP contribution in [0, 0.1) is 25.2 Å². The SMILES string of the molecule is Cc1cc(C)c(C#N)c(SCc2cccc(Cl)c2)n1. The summed E-state index contributed by atoms with van der Waals surface area (Å²) in [5.41, 5.74) is 3.70. The third-order valence-corrected chi connectivity index (χ3v) is 3.97. The summed E-state index contributed by atoms with van der Waals surface area (Å²) in [6, 6.07) is 11.9. The van der Waals surface area contributed by atoms with Crippen molar-refractivity contribution in [3.63, 3.8) is 0 Å². The van der Waals surface area contributed by atoms with Crippen LogP contribution in [0.4, 0.5) is 0 Å². The zero-order valence-electron chi connectivity index (χ0n) is 10.8. The molecule has 4 heteroatoms. The fourth-order valence-corrected chi connectivity index (χ4v) is 3.08. The number of nitriles is 1. The molecule has 2 rings (SSSR count).